The van der Waals surface area contributed by atoms with E-state index in [2.05, 4.69) is 35.6 Å². The van der Waals surface area contributed by atoms with E-state index in [0.29, 0.717) is 6.54 Å². The summed E-state index contributed by atoms with van der Waals surface area (Å²) in [5.41, 5.74) is 3.24. The van der Waals surface area contributed by atoms with Gasteiger partial charge in [0.15, 0.2) is 0 Å². The van der Waals surface area contributed by atoms with Crippen LogP contribution in [0.4, 0.5) is 0 Å². The highest BCUT2D eigenvalue weighted by molar-refractivity contribution is 7.98. The lowest BCUT2D eigenvalue weighted by Gasteiger charge is -2.03. The molecule has 3 heteroatoms. The van der Waals surface area contributed by atoms with Gasteiger partial charge in [-0.25, -0.2) is 0 Å². The maximum Gasteiger partial charge on any atom is 0.251 e. The molecule has 1 N–H and O–H groups in total. The quantitative estimate of drug-likeness (QED) is 0.854. The summed E-state index contributed by atoms with van der Waals surface area (Å²) in [4.78, 5) is 12.7. The number of fused-ring (bicyclic) bond motifs is 1. The molecular weight excluding hydrogens is 266 g/mol. The minimum absolute atomic E-state index is 0.0459. The largest absolute Gasteiger partial charge is 0.348 e. The molecule has 20 heavy (non-hydrogen) atoms. The predicted octanol–water partition coefficient (Wildman–Crippen LogP) is 4.25. The summed E-state index contributed by atoms with van der Waals surface area (Å²) in [5.74, 6) is 1.01. The zero-order valence-corrected chi connectivity index (χ0v) is 12.7. The first-order chi connectivity index (χ1) is 9.83. The Hall–Kier alpha value is -1.74. The molecule has 2 nitrogen and oxygen atoms in total. The topological polar surface area (TPSA) is 29.1 Å². The first-order valence-corrected chi connectivity index (χ1v) is 7.89. The molecule has 0 fully saturated rings. The van der Waals surface area contributed by atoms with E-state index in [1.54, 1.807) is 11.8 Å². The second-order valence-electron chi connectivity index (χ2n) is 4.28. The van der Waals surface area contributed by atoms with E-state index >= 15 is 0 Å². The SMILES string of the molecule is CC.O=C1NCc2cc(SCc3ccccc3)ccc21. The fourth-order valence-corrected chi connectivity index (χ4v) is 2.95. The Morgan fingerprint density at radius 3 is 2.60 bits per heavy atom. The van der Waals surface area contributed by atoms with Gasteiger partial charge in [-0.3, -0.25) is 4.79 Å². The molecule has 2 aromatic carbocycles. The molecule has 3 rings (SSSR count). The standard InChI is InChI=1S/C15H13NOS.C2H6/c17-15-14-7-6-13(8-12(14)9-16-15)18-10-11-4-2-1-3-5-11;1-2/h1-8H,9-10H2,(H,16,17);1-2H3. The zero-order valence-electron chi connectivity index (χ0n) is 11.8. The molecule has 0 saturated carbocycles. The normalized spacial score (nSPS) is 12.2. The molecular formula is C17H19NOS. The van der Waals surface area contributed by atoms with Crippen LogP contribution in [0.2, 0.25) is 0 Å². The number of nitrogens with one attached hydrogen (secondary N) is 1. The maximum absolute atomic E-state index is 11.4. The van der Waals surface area contributed by atoms with Gasteiger partial charge >= 0.3 is 0 Å². The Kier molecular flexibility index (Phi) is 5.24. The highest BCUT2D eigenvalue weighted by Gasteiger charge is 2.18. The minimum atomic E-state index is 0.0459. The highest BCUT2D eigenvalue weighted by atomic mass is 32.2. The van der Waals surface area contributed by atoms with Crippen LogP contribution in [0.25, 0.3) is 0 Å². The van der Waals surface area contributed by atoms with Crippen molar-refractivity contribution in [2.45, 2.75) is 31.0 Å². The Labute approximate surface area is 124 Å². The van der Waals surface area contributed by atoms with Gasteiger partial charge in [0.1, 0.15) is 0 Å². The molecule has 0 atom stereocenters. The van der Waals surface area contributed by atoms with Crippen molar-refractivity contribution in [3.63, 3.8) is 0 Å². The summed E-state index contributed by atoms with van der Waals surface area (Å²) < 4.78 is 0. The van der Waals surface area contributed by atoms with E-state index in [0.717, 1.165) is 16.9 Å². The van der Waals surface area contributed by atoms with Crippen molar-refractivity contribution in [2.24, 2.45) is 0 Å². The first-order valence-electron chi connectivity index (χ1n) is 6.91. The van der Waals surface area contributed by atoms with Crippen LogP contribution in [0.1, 0.15) is 35.3 Å². The van der Waals surface area contributed by atoms with Crippen molar-refractivity contribution < 1.29 is 4.79 Å². The van der Waals surface area contributed by atoms with Crippen LogP contribution in [0, 0.1) is 0 Å². The fraction of sp³-hybridized carbons (Fsp3) is 0.235. The van der Waals surface area contributed by atoms with E-state index in [1.807, 2.05) is 32.0 Å². The van der Waals surface area contributed by atoms with Crippen molar-refractivity contribution >= 4 is 17.7 Å². The van der Waals surface area contributed by atoms with Gasteiger partial charge in [-0.1, -0.05) is 44.2 Å². The Morgan fingerprint density at radius 1 is 1.10 bits per heavy atom. The van der Waals surface area contributed by atoms with Crippen molar-refractivity contribution in [1.82, 2.24) is 5.32 Å². The average Bonchev–Trinajstić information content (AvgIpc) is 2.89. The summed E-state index contributed by atoms with van der Waals surface area (Å²) in [6.07, 6.45) is 0. The Morgan fingerprint density at radius 2 is 1.85 bits per heavy atom. The number of amides is 1. The maximum atomic E-state index is 11.4. The second kappa shape index (κ2) is 7.15. The second-order valence-corrected chi connectivity index (χ2v) is 5.32. The third-order valence-corrected chi connectivity index (χ3v) is 4.07. The zero-order chi connectivity index (χ0) is 14.4. The number of rotatable bonds is 3. The molecule has 0 aliphatic carbocycles. The molecule has 1 aliphatic heterocycles. The van der Waals surface area contributed by atoms with Crippen LogP contribution in [-0.2, 0) is 12.3 Å². The van der Waals surface area contributed by atoms with Gasteiger partial charge in [-0.15, -0.1) is 11.8 Å². The summed E-state index contributed by atoms with van der Waals surface area (Å²) in [5, 5.41) is 2.84. The van der Waals surface area contributed by atoms with Crippen LogP contribution < -0.4 is 5.32 Å². The van der Waals surface area contributed by atoms with Gasteiger partial charge in [0.25, 0.3) is 5.91 Å². The molecule has 0 spiro atoms. The summed E-state index contributed by atoms with van der Waals surface area (Å²) >= 11 is 1.80. The Bertz CT molecular complexity index is 581. The lowest BCUT2D eigenvalue weighted by molar-refractivity contribution is 0.0966. The molecule has 1 amide bonds. The van der Waals surface area contributed by atoms with E-state index < -0.39 is 0 Å². The molecule has 0 radical (unpaired) electrons. The summed E-state index contributed by atoms with van der Waals surface area (Å²) in [6.45, 7) is 4.66. The van der Waals surface area contributed by atoms with Gasteiger partial charge in [0, 0.05) is 22.8 Å². The van der Waals surface area contributed by atoms with Crippen LogP contribution in [-0.4, -0.2) is 5.91 Å². The first kappa shape index (κ1) is 14.7. The van der Waals surface area contributed by atoms with Crippen molar-refractivity contribution in [3.05, 3.63) is 65.2 Å². The number of hydrogen-bond acceptors (Lipinski definition) is 2. The van der Waals surface area contributed by atoms with Crippen molar-refractivity contribution in [1.29, 1.82) is 0 Å². The van der Waals surface area contributed by atoms with Gasteiger partial charge in [0.05, 0.1) is 0 Å². The smallest absolute Gasteiger partial charge is 0.251 e. The van der Waals surface area contributed by atoms with Gasteiger partial charge < -0.3 is 5.32 Å². The molecule has 104 valence electrons. The molecule has 0 aromatic heterocycles. The summed E-state index contributed by atoms with van der Waals surface area (Å²) in [7, 11) is 0. The molecule has 2 aromatic rings. The molecule has 0 bridgehead atoms. The van der Waals surface area contributed by atoms with Gasteiger partial charge in [-0.05, 0) is 29.3 Å². The number of carbonyl (C=O) groups excluding carboxylic acids is 1. The van der Waals surface area contributed by atoms with E-state index in [-0.39, 0.29) is 5.91 Å². The lowest BCUT2D eigenvalue weighted by atomic mass is 10.1. The van der Waals surface area contributed by atoms with E-state index in [9.17, 15) is 4.79 Å². The molecule has 0 unspecified atom stereocenters. The van der Waals surface area contributed by atoms with Gasteiger partial charge in [-0.2, -0.15) is 0 Å². The van der Waals surface area contributed by atoms with Crippen LogP contribution in [0.15, 0.2) is 53.4 Å². The monoisotopic (exact) mass is 285 g/mol. The number of carbonyl (C=O) groups is 1. The van der Waals surface area contributed by atoms with Crippen molar-refractivity contribution in [3.8, 4) is 0 Å². The van der Waals surface area contributed by atoms with Crippen molar-refractivity contribution in [2.75, 3.05) is 0 Å². The van der Waals surface area contributed by atoms with E-state index in [1.165, 1.54) is 10.5 Å². The van der Waals surface area contributed by atoms with Crippen LogP contribution in [0.5, 0.6) is 0 Å². The Balaban J connectivity index is 0.000000704. The molecule has 0 saturated heterocycles. The lowest BCUT2D eigenvalue weighted by Crippen LogP contribution is -2.12. The third kappa shape index (κ3) is 3.42. The molecule has 1 heterocycles. The van der Waals surface area contributed by atoms with Crippen LogP contribution >= 0.6 is 11.8 Å². The predicted molar refractivity (Wildman–Crippen MR) is 85.0 cm³/mol. The number of thioether (sulfide) groups is 1. The van der Waals surface area contributed by atoms with E-state index in [4.69, 9.17) is 0 Å². The number of hydrogen-bond donors (Lipinski definition) is 1. The fourth-order valence-electron chi connectivity index (χ4n) is 2.04. The number of benzene rings is 2. The molecule has 1 aliphatic rings. The van der Waals surface area contributed by atoms with Crippen LogP contribution in [0.3, 0.4) is 0 Å². The average molecular weight is 285 g/mol. The highest BCUT2D eigenvalue weighted by Crippen LogP contribution is 2.26. The van der Waals surface area contributed by atoms with Gasteiger partial charge in [0.2, 0.25) is 0 Å². The minimum Gasteiger partial charge on any atom is -0.348 e. The summed E-state index contributed by atoms with van der Waals surface area (Å²) in [6, 6.07) is 16.5. The third-order valence-electron chi connectivity index (χ3n) is 3.01.